The summed E-state index contributed by atoms with van der Waals surface area (Å²) in [5, 5.41) is 13.4. The highest BCUT2D eigenvalue weighted by Crippen LogP contribution is 2.38. The fourth-order valence-corrected chi connectivity index (χ4v) is 4.42. The zero-order valence-electron chi connectivity index (χ0n) is 24.9. The summed E-state index contributed by atoms with van der Waals surface area (Å²) in [6, 6.07) is -0.891. The van der Waals surface area contributed by atoms with Crippen molar-refractivity contribution in [1.82, 2.24) is 5.32 Å². The van der Waals surface area contributed by atoms with Crippen LogP contribution >= 0.6 is 7.82 Å². The van der Waals surface area contributed by atoms with Crippen LogP contribution in [0.2, 0.25) is 0 Å². The number of hydrogen-bond acceptors (Lipinski definition) is 6. The molecule has 0 saturated heterocycles. The molecular formula is C29H57N2O6P. The van der Waals surface area contributed by atoms with Gasteiger partial charge in [-0.05, 0) is 32.1 Å². The molecule has 0 aromatic rings. The maximum atomic E-state index is 12.3. The standard InChI is InChI=1S/C29H57N2O6P/c1-6-8-10-11-12-13-14-15-16-17-18-19-21-22-28(32)27(30-29(33)23-20-9-7-2)26-37-38(34,35)36-25-24-31(3,4)5/h16-17,21-22,27-28,32H,6-15,18-20,23-26H2,1-5H3,(H-,30,33,34,35)/b17-16+,22-21+. The third-order valence-electron chi connectivity index (χ3n) is 6.16. The third-order valence-corrected chi connectivity index (χ3v) is 7.13. The molecule has 3 unspecified atom stereocenters. The van der Waals surface area contributed by atoms with Gasteiger partial charge in [-0.25, -0.2) is 0 Å². The van der Waals surface area contributed by atoms with Gasteiger partial charge in [-0.15, -0.1) is 0 Å². The second kappa shape index (κ2) is 22.8. The van der Waals surface area contributed by atoms with Gasteiger partial charge in [0, 0.05) is 6.42 Å². The second-order valence-electron chi connectivity index (χ2n) is 11.1. The van der Waals surface area contributed by atoms with E-state index in [1.807, 2.05) is 27.2 Å². The van der Waals surface area contributed by atoms with Crippen molar-refractivity contribution in [1.29, 1.82) is 0 Å². The molecule has 0 aliphatic heterocycles. The number of phosphoric acid groups is 1. The van der Waals surface area contributed by atoms with Crippen LogP contribution < -0.4 is 10.2 Å². The Bertz CT molecular complexity index is 693. The highest BCUT2D eigenvalue weighted by molar-refractivity contribution is 7.45. The number of aliphatic hydroxyl groups excluding tert-OH is 1. The Labute approximate surface area is 233 Å². The summed E-state index contributed by atoms with van der Waals surface area (Å²) in [6.45, 7) is 4.38. The van der Waals surface area contributed by atoms with E-state index in [2.05, 4.69) is 31.3 Å². The summed E-state index contributed by atoms with van der Waals surface area (Å²) in [5.74, 6) is -0.237. The van der Waals surface area contributed by atoms with Crippen LogP contribution in [0.15, 0.2) is 24.3 Å². The van der Waals surface area contributed by atoms with Crippen LogP contribution in [0.25, 0.3) is 0 Å². The van der Waals surface area contributed by atoms with Crippen LogP contribution in [0, 0.1) is 0 Å². The van der Waals surface area contributed by atoms with E-state index in [-0.39, 0.29) is 12.5 Å². The molecule has 0 heterocycles. The lowest BCUT2D eigenvalue weighted by molar-refractivity contribution is -0.870. The number of nitrogens with one attached hydrogen (secondary N) is 1. The number of allylic oxidation sites excluding steroid dienone is 3. The average Bonchev–Trinajstić information content (AvgIpc) is 2.83. The van der Waals surface area contributed by atoms with Gasteiger partial charge < -0.3 is 28.8 Å². The monoisotopic (exact) mass is 560 g/mol. The van der Waals surface area contributed by atoms with Crippen LogP contribution in [0.3, 0.4) is 0 Å². The van der Waals surface area contributed by atoms with Crippen LogP contribution in [0.4, 0.5) is 0 Å². The van der Waals surface area contributed by atoms with Gasteiger partial charge in [0.2, 0.25) is 5.91 Å². The Balaban J connectivity index is 4.59. The van der Waals surface area contributed by atoms with Crippen molar-refractivity contribution in [3.8, 4) is 0 Å². The fourth-order valence-electron chi connectivity index (χ4n) is 3.69. The molecule has 3 atom stereocenters. The van der Waals surface area contributed by atoms with Gasteiger partial charge >= 0.3 is 0 Å². The molecule has 1 amide bonds. The number of hydrogen-bond donors (Lipinski definition) is 2. The molecule has 0 aromatic heterocycles. The molecule has 0 spiro atoms. The number of nitrogens with zero attached hydrogens (tertiary/aromatic N) is 1. The molecule has 0 rings (SSSR count). The summed E-state index contributed by atoms with van der Waals surface area (Å²) in [4.78, 5) is 24.5. The molecule has 38 heavy (non-hydrogen) atoms. The first-order chi connectivity index (χ1) is 18.0. The zero-order valence-corrected chi connectivity index (χ0v) is 25.8. The van der Waals surface area contributed by atoms with Gasteiger partial charge in [-0.2, -0.15) is 0 Å². The summed E-state index contributed by atoms with van der Waals surface area (Å²) >= 11 is 0. The number of unbranched alkanes of at least 4 members (excludes halogenated alkanes) is 10. The summed E-state index contributed by atoms with van der Waals surface area (Å²) in [6.07, 6.45) is 21.6. The Hall–Kier alpha value is -1.02. The SMILES string of the molecule is CCCCCCCCC/C=C/CC/C=C/C(O)C(COP(=O)([O-])OCC[N+](C)(C)C)NC(=O)CCCCC. The fraction of sp³-hybridized carbons (Fsp3) is 0.828. The van der Waals surface area contributed by atoms with E-state index in [1.165, 1.54) is 44.9 Å². The number of quaternary nitrogens is 1. The lowest BCUT2D eigenvalue weighted by Crippen LogP contribution is -2.45. The van der Waals surface area contributed by atoms with Gasteiger partial charge in [-0.1, -0.05) is 89.5 Å². The van der Waals surface area contributed by atoms with Crippen LogP contribution in [0.5, 0.6) is 0 Å². The topological polar surface area (TPSA) is 108 Å². The molecule has 2 N–H and O–H groups in total. The van der Waals surface area contributed by atoms with Crippen LogP contribution in [-0.2, 0) is 18.4 Å². The smallest absolute Gasteiger partial charge is 0.268 e. The van der Waals surface area contributed by atoms with E-state index in [0.29, 0.717) is 17.4 Å². The van der Waals surface area contributed by atoms with Crippen molar-refractivity contribution >= 4 is 13.7 Å². The lowest BCUT2D eigenvalue weighted by Gasteiger charge is -2.29. The quantitative estimate of drug-likeness (QED) is 0.0646. The molecule has 8 nitrogen and oxygen atoms in total. The Kier molecular flexibility index (Phi) is 22.1. The minimum atomic E-state index is -4.56. The number of aliphatic hydroxyl groups is 1. The summed E-state index contributed by atoms with van der Waals surface area (Å²) in [5.41, 5.74) is 0. The predicted molar refractivity (Wildman–Crippen MR) is 155 cm³/mol. The lowest BCUT2D eigenvalue weighted by atomic mass is 10.1. The van der Waals surface area contributed by atoms with Gasteiger partial charge in [-0.3, -0.25) is 9.36 Å². The van der Waals surface area contributed by atoms with Crippen LogP contribution in [0.1, 0.15) is 104 Å². The Morgan fingerprint density at radius 1 is 0.895 bits per heavy atom. The number of amides is 1. The first kappa shape index (κ1) is 37.0. The Morgan fingerprint density at radius 2 is 1.47 bits per heavy atom. The van der Waals surface area contributed by atoms with Crippen molar-refractivity contribution in [2.45, 2.75) is 116 Å². The number of carbonyl (C=O) groups excluding carboxylic acids is 1. The van der Waals surface area contributed by atoms with Crippen molar-refractivity contribution in [2.75, 3.05) is 40.9 Å². The minimum absolute atomic E-state index is 0.00669. The van der Waals surface area contributed by atoms with Crippen molar-refractivity contribution in [2.24, 2.45) is 0 Å². The van der Waals surface area contributed by atoms with Gasteiger partial charge in [0.15, 0.2) is 0 Å². The first-order valence-corrected chi connectivity index (χ1v) is 16.2. The Morgan fingerprint density at radius 3 is 2.13 bits per heavy atom. The van der Waals surface area contributed by atoms with E-state index >= 15 is 0 Å². The zero-order chi connectivity index (χ0) is 28.7. The molecule has 0 fully saturated rings. The maximum Gasteiger partial charge on any atom is 0.268 e. The number of carbonyl (C=O) groups is 1. The third kappa shape index (κ3) is 24.1. The summed E-state index contributed by atoms with van der Waals surface area (Å²) in [7, 11) is 1.23. The summed E-state index contributed by atoms with van der Waals surface area (Å²) < 4.78 is 22.7. The molecule has 0 aliphatic carbocycles. The molecule has 0 aliphatic rings. The minimum Gasteiger partial charge on any atom is -0.756 e. The number of likely N-dealkylation sites (N-methyl/N-ethyl adjacent to an activating group) is 1. The largest absolute Gasteiger partial charge is 0.756 e. The number of phosphoric ester groups is 1. The molecule has 9 heteroatoms. The van der Waals surface area contributed by atoms with Crippen molar-refractivity contribution in [3.63, 3.8) is 0 Å². The van der Waals surface area contributed by atoms with Gasteiger partial charge in [0.1, 0.15) is 13.2 Å². The highest BCUT2D eigenvalue weighted by Gasteiger charge is 2.23. The van der Waals surface area contributed by atoms with Crippen molar-refractivity contribution < 1.29 is 32.9 Å². The normalized spacial score (nSPS) is 15.7. The highest BCUT2D eigenvalue weighted by atomic mass is 31.2. The first-order valence-electron chi connectivity index (χ1n) is 14.7. The van der Waals surface area contributed by atoms with E-state index in [1.54, 1.807) is 6.08 Å². The maximum absolute atomic E-state index is 12.3. The molecule has 0 aromatic carbocycles. The average molecular weight is 561 g/mol. The second-order valence-corrected chi connectivity index (χ2v) is 12.5. The predicted octanol–water partition coefficient (Wildman–Crippen LogP) is 5.65. The molecule has 0 radical (unpaired) electrons. The number of rotatable bonds is 25. The van der Waals surface area contributed by atoms with Gasteiger partial charge in [0.05, 0.1) is 39.9 Å². The molecule has 0 saturated carbocycles. The van der Waals surface area contributed by atoms with E-state index < -0.39 is 26.6 Å². The molecule has 0 bridgehead atoms. The molecule has 224 valence electrons. The van der Waals surface area contributed by atoms with E-state index in [9.17, 15) is 19.4 Å². The van der Waals surface area contributed by atoms with Crippen LogP contribution in [-0.4, -0.2) is 68.5 Å². The van der Waals surface area contributed by atoms with E-state index in [0.717, 1.165) is 38.5 Å². The molecular weight excluding hydrogens is 503 g/mol. The van der Waals surface area contributed by atoms with E-state index in [4.69, 9.17) is 9.05 Å². The van der Waals surface area contributed by atoms with Crippen molar-refractivity contribution in [3.05, 3.63) is 24.3 Å². The van der Waals surface area contributed by atoms with Gasteiger partial charge in [0.25, 0.3) is 7.82 Å².